The van der Waals surface area contributed by atoms with Crippen LogP contribution in [0.5, 0.6) is 5.75 Å². The first-order chi connectivity index (χ1) is 13.4. The van der Waals surface area contributed by atoms with Gasteiger partial charge in [0.15, 0.2) is 5.82 Å². The third-order valence-corrected chi connectivity index (χ3v) is 5.69. The van der Waals surface area contributed by atoms with E-state index in [1.54, 1.807) is 12.3 Å². The van der Waals surface area contributed by atoms with Crippen molar-refractivity contribution in [1.29, 1.82) is 0 Å². The SMILES string of the molecule is CC1=Cc2cc(Nc3nn(C4CCCC[C@@H]4C)cc3C(N)=O)ccc2OB1O. The number of hydrogen-bond donors (Lipinski definition) is 3. The van der Waals surface area contributed by atoms with E-state index in [0.29, 0.717) is 23.0 Å². The molecule has 1 fully saturated rings. The molecule has 8 heteroatoms. The first-order valence-corrected chi connectivity index (χ1v) is 9.75. The molecule has 2 aromatic rings. The number of allylic oxidation sites excluding steroid dienone is 1. The molecule has 7 nitrogen and oxygen atoms in total. The topological polar surface area (TPSA) is 102 Å². The minimum absolute atomic E-state index is 0.284. The predicted molar refractivity (Wildman–Crippen MR) is 109 cm³/mol. The fourth-order valence-electron chi connectivity index (χ4n) is 4.04. The lowest BCUT2D eigenvalue weighted by molar-refractivity contribution is 0.100. The van der Waals surface area contributed by atoms with E-state index in [1.165, 1.54) is 19.3 Å². The number of amides is 1. The van der Waals surface area contributed by atoms with Gasteiger partial charge in [0.1, 0.15) is 11.3 Å². The van der Waals surface area contributed by atoms with Gasteiger partial charge in [-0.15, -0.1) is 0 Å². The number of nitrogens with zero attached hydrogens (tertiary/aromatic N) is 2. The van der Waals surface area contributed by atoms with Crippen molar-refractivity contribution in [3.05, 3.63) is 41.0 Å². The number of aromatic nitrogens is 2. The summed E-state index contributed by atoms with van der Waals surface area (Å²) in [7, 11) is -0.916. The zero-order valence-corrected chi connectivity index (χ0v) is 16.2. The zero-order valence-electron chi connectivity index (χ0n) is 16.2. The summed E-state index contributed by atoms with van der Waals surface area (Å²) in [5.41, 5.74) is 8.34. The average molecular weight is 380 g/mol. The summed E-state index contributed by atoms with van der Waals surface area (Å²) in [5, 5.41) is 17.7. The van der Waals surface area contributed by atoms with Crippen LogP contribution in [0.25, 0.3) is 6.08 Å². The predicted octanol–water partition coefficient (Wildman–Crippen LogP) is 3.29. The van der Waals surface area contributed by atoms with Crippen molar-refractivity contribution >= 4 is 30.6 Å². The van der Waals surface area contributed by atoms with E-state index in [1.807, 2.05) is 29.8 Å². The van der Waals surface area contributed by atoms with Gasteiger partial charge in [-0.1, -0.05) is 25.8 Å². The second-order valence-corrected chi connectivity index (χ2v) is 7.80. The third-order valence-electron chi connectivity index (χ3n) is 5.69. The Morgan fingerprint density at radius 3 is 2.93 bits per heavy atom. The van der Waals surface area contributed by atoms with Crippen LogP contribution in [0.1, 0.15) is 61.5 Å². The zero-order chi connectivity index (χ0) is 19.8. The number of rotatable bonds is 4. The monoisotopic (exact) mass is 380 g/mol. The van der Waals surface area contributed by atoms with Gasteiger partial charge < -0.3 is 20.7 Å². The van der Waals surface area contributed by atoms with Crippen molar-refractivity contribution in [3.8, 4) is 5.75 Å². The normalized spacial score (nSPS) is 21.5. The first kappa shape index (κ1) is 18.6. The van der Waals surface area contributed by atoms with E-state index < -0.39 is 13.0 Å². The van der Waals surface area contributed by atoms with Gasteiger partial charge in [0.2, 0.25) is 0 Å². The van der Waals surface area contributed by atoms with Crippen LogP contribution in [0.3, 0.4) is 0 Å². The molecule has 1 aliphatic heterocycles. The first-order valence-electron chi connectivity index (χ1n) is 9.75. The summed E-state index contributed by atoms with van der Waals surface area (Å²) in [6, 6.07) is 5.80. The smallest absolute Gasteiger partial charge is 0.532 e. The van der Waals surface area contributed by atoms with Crippen LogP contribution in [-0.4, -0.2) is 27.8 Å². The summed E-state index contributed by atoms with van der Waals surface area (Å²) in [5.74, 6) is 1.09. The van der Waals surface area contributed by atoms with E-state index in [-0.39, 0.29) is 6.04 Å². The van der Waals surface area contributed by atoms with Crippen molar-refractivity contribution < 1.29 is 14.5 Å². The number of primary amides is 1. The van der Waals surface area contributed by atoms with E-state index in [4.69, 9.17) is 10.4 Å². The standard InChI is InChI=1S/C20H25BN4O3/c1-12-5-3-4-6-17(12)25-11-16(19(22)26)20(24-25)23-15-7-8-18-14(10-15)9-13(2)21(27)28-18/h7-12,17,27H,3-6H2,1-2H3,(H2,22,26)(H,23,24)/t12-,17?/m0/s1. The van der Waals surface area contributed by atoms with Crippen LogP contribution >= 0.6 is 0 Å². The fraction of sp³-hybridized carbons (Fsp3) is 0.400. The fourth-order valence-corrected chi connectivity index (χ4v) is 4.04. The second kappa shape index (κ2) is 7.35. The second-order valence-electron chi connectivity index (χ2n) is 7.80. The number of hydrogen-bond acceptors (Lipinski definition) is 5. The van der Waals surface area contributed by atoms with E-state index >= 15 is 0 Å². The number of anilines is 2. The molecule has 1 saturated carbocycles. The largest absolute Gasteiger partial charge is 0.555 e. The van der Waals surface area contributed by atoms with Gasteiger partial charge in [0.25, 0.3) is 5.91 Å². The van der Waals surface area contributed by atoms with E-state index in [2.05, 4.69) is 17.3 Å². The number of nitrogens with two attached hydrogens (primary N) is 1. The Labute approximate surface area is 164 Å². The number of fused-ring (bicyclic) bond motifs is 1. The van der Waals surface area contributed by atoms with Crippen molar-refractivity contribution in [2.75, 3.05) is 5.32 Å². The average Bonchev–Trinajstić information content (AvgIpc) is 3.07. The molecule has 2 aliphatic rings. The Kier molecular flexibility index (Phi) is 4.89. The molecule has 1 unspecified atom stereocenters. The Hall–Kier alpha value is -2.74. The lowest BCUT2D eigenvalue weighted by atomic mass is 9.76. The Bertz CT molecular complexity index is 940. The Morgan fingerprint density at radius 2 is 2.18 bits per heavy atom. The number of benzene rings is 1. The summed E-state index contributed by atoms with van der Waals surface area (Å²) >= 11 is 0. The highest BCUT2D eigenvalue weighted by Gasteiger charge is 2.27. The molecule has 0 radical (unpaired) electrons. The summed E-state index contributed by atoms with van der Waals surface area (Å²) in [4.78, 5) is 12.0. The lowest BCUT2D eigenvalue weighted by Crippen LogP contribution is -2.26. The van der Waals surface area contributed by atoms with Crippen LogP contribution in [0.2, 0.25) is 0 Å². The summed E-state index contributed by atoms with van der Waals surface area (Å²) < 4.78 is 7.37. The van der Waals surface area contributed by atoms with Crippen LogP contribution in [0.4, 0.5) is 11.5 Å². The maximum Gasteiger partial charge on any atom is 0.555 e. The van der Waals surface area contributed by atoms with Crippen molar-refractivity contribution in [3.63, 3.8) is 0 Å². The molecule has 0 spiro atoms. The van der Waals surface area contributed by atoms with Gasteiger partial charge in [-0.2, -0.15) is 5.10 Å². The molecule has 4 N–H and O–H groups in total. The molecule has 1 aromatic heterocycles. The maximum atomic E-state index is 12.0. The summed E-state index contributed by atoms with van der Waals surface area (Å²) in [6.45, 7) is 4.04. The minimum Gasteiger partial charge on any atom is -0.532 e. The Morgan fingerprint density at radius 1 is 1.39 bits per heavy atom. The molecular weight excluding hydrogens is 355 g/mol. The highest BCUT2D eigenvalue weighted by Crippen LogP contribution is 2.35. The minimum atomic E-state index is -0.916. The molecular formula is C20H25BN4O3. The van der Waals surface area contributed by atoms with Crippen molar-refractivity contribution in [1.82, 2.24) is 9.78 Å². The van der Waals surface area contributed by atoms with Gasteiger partial charge in [-0.25, -0.2) is 0 Å². The van der Waals surface area contributed by atoms with Crippen LogP contribution < -0.4 is 15.7 Å². The van der Waals surface area contributed by atoms with E-state index in [0.717, 1.165) is 23.1 Å². The van der Waals surface area contributed by atoms with Crippen molar-refractivity contribution in [2.45, 2.75) is 45.6 Å². The van der Waals surface area contributed by atoms with Gasteiger partial charge in [-0.05, 0) is 49.4 Å². The molecule has 146 valence electrons. The molecule has 0 bridgehead atoms. The molecule has 2 atom stereocenters. The number of carbonyl (C=O) groups is 1. The van der Waals surface area contributed by atoms with Crippen molar-refractivity contribution in [2.24, 2.45) is 11.7 Å². The quantitative estimate of drug-likeness (QED) is 0.707. The molecule has 28 heavy (non-hydrogen) atoms. The van der Waals surface area contributed by atoms with Crippen LogP contribution in [0.15, 0.2) is 29.9 Å². The molecule has 0 saturated heterocycles. The lowest BCUT2D eigenvalue weighted by Gasteiger charge is -2.28. The van der Waals surface area contributed by atoms with Crippen LogP contribution in [-0.2, 0) is 0 Å². The third kappa shape index (κ3) is 3.52. The molecule has 2 heterocycles. The molecule has 1 amide bonds. The highest BCUT2D eigenvalue weighted by atomic mass is 16.5. The summed E-state index contributed by atoms with van der Waals surface area (Å²) in [6.07, 6.45) is 8.28. The number of carbonyl (C=O) groups excluding carboxylic acids is 1. The Balaban J connectivity index is 1.63. The molecule has 1 aliphatic carbocycles. The van der Waals surface area contributed by atoms with Gasteiger partial charge >= 0.3 is 7.12 Å². The molecule has 4 rings (SSSR count). The van der Waals surface area contributed by atoms with E-state index in [9.17, 15) is 9.82 Å². The van der Waals surface area contributed by atoms with Gasteiger partial charge in [-0.3, -0.25) is 9.48 Å². The maximum absolute atomic E-state index is 12.0. The highest BCUT2D eigenvalue weighted by molar-refractivity contribution is 6.54. The van der Waals surface area contributed by atoms with Gasteiger partial charge in [0.05, 0.1) is 6.04 Å². The number of nitrogens with one attached hydrogen (secondary N) is 1. The molecule has 1 aromatic carbocycles. The van der Waals surface area contributed by atoms with Gasteiger partial charge in [0, 0.05) is 17.4 Å². The van der Waals surface area contributed by atoms with Crippen LogP contribution in [0, 0.1) is 5.92 Å².